The minimum absolute atomic E-state index is 1.21. The summed E-state index contributed by atoms with van der Waals surface area (Å²) in [5.74, 6) is 0. The fourth-order valence-corrected chi connectivity index (χ4v) is 8.30. The normalized spacial score (nSPS) is 11.6. The highest BCUT2D eigenvalue weighted by Crippen LogP contribution is 2.50. The van der Waals surface area contributed by atoms with Crippen molar-refractivity contribution < 1.29 is 0 Å². The summed E-state index contributed by atoms with van der Waals surface area (Å²) in [6.45, 7) is 0. The van der Waals surface area contributed by atoms with Crippen molar-refractivity contribution in [2.45, 2.75) is 0 Å². The Balaban J connectivity index is 1.34. The van der Waals surface area contributed by atoms with Crippen molar-refractivity contribution in [1.82, 2.24) is 0 Å². The van der Waals surface area contributed by atoms with Gasteiger partial charge in [0.25, 0.3) is 0 Å². The molecule has 0 heterocycles. The highest BCUT2D eigenvalue weighted by molar-refractivity contribution is 6.27. The Kier molecular flexibility index (Phi) is 6.60. The third kappa shape index (κ3) is 4.39. The topological polar surface area (TPSA) is 0 Å². The molecular formula is C50H32. The molecule has 0 bridgehead atoms. The van der Waals surface area contributed by atoms with E-state index in [2.05, 4.69) is 194 Å². The van der Waals surface area contributed by atoms with E-state index >= 15 is 0 Å². The van der Waals surface area contributed by atoms with Gasteiger partial charge in [-0.05, 0) is 98.4 Å². The van der Waals surface area contributed by atoms with Crippen molar-refractivity contribution in [3.63, 3.8) is 0 Å². The van der Waals surface area contributed by atoms with E-state index < -0.39 is 0 Å². The van der Waals surface area contributed by atoms with E-state index in [0.29, 0.717) is 0 Å². The van der Waals surface area contributed by atoms with Crippen LogP contribution in [0.4, 0.5) is 0 Å². The van der Waals surface area contributed by atoms with E-state index in [-0.39, 0.29) is 0 Å². The highest BCUT2D eigenvalue weighted by Gasteiger charge is 2.22. The Morgan fingerprint density at radius 1 is 0.180 bits per heavy atom. The largest absolute Gasteiger partial charge is 0.0622 e. The van der Waals surface area contributed by atoms with Crippen LogP contribution in [-0.4, -0.2) is 0 Å². The Morgan fingerprint density at radius 2 is 0.580 bits per heavy atom. The summed E-state index contributed by atoms with van der Waals surface area (Å²) < 4.78 is 0. The van der Waals surface area contributed by atoms with Crippen LogP contribution in [0.1, 0.15) is 0 Å². The molecule has 0 aliphatic rings. The molecule has 232 valence electrons. The molecule has 0 nitrogen and oxygen atoms in total. The zero-order valence-electron chi connectivity index (χ0n) is 27.5. The van der Waals surface area contributed by atoms with E-state index in [1.165, 1.54) is 98.4 Å². The van der Waals surface area contributed by atoms with Crippen LogP contribution in [0.2, 0.25) is 0 Å². The van der Waals surface area contributed by atoms with E-state index in [0.717, 1.165) is 0 Å². The Morgan fingerprint density at radius 3 is 1.20 bits per heavy atom. The van der Waals surface area contributed by atoms with Gasteiger partial charge in [-0.15, -0.1) is 0 Å². The zero-order valence-corrected chi connectivity index (χ0v) is 27.5. The highest BCUT2D eigenvalue weighted by atomic mass is 14.3. The molecule has 0 saturated heterocycles. The van der Waals surface area contributed by atoms with Gasteiger partial charge in [-0.2, -0.15) is 0 Å². The second-order valence-electron chi connectivity index (χ2n) is 13.1. The first kappa shape index (κ1) is 28.5. The third-order valence-electron chi connectivity index (χ3n) is 10.5. The summed E-state index contributed by atoms with van der Waals surface area (Å²) >= 11 is 0. The summed E-state index contributed by atoms with van der Waals surface area (Å²) in [5, 5.41) is 12.7. The molecule has 0 fully saturated rings. The predicted octanol–water partition coefficient (Wildman–Crippen LogP) is 14.1. The minimum atomic E-state index is 1.21. The smallest absolute Gasteiger partial charge is 0.00139 e. The second-order valence-corrected chi connectivity index (χ2v) is 13.1. The van der Waals surface area contributed by atoms with Gasteiger partial charge < -0.3 is 0 Å². The van der Waals surface area contributed by atoms with Crippen LogP contribution in [0.15, 0.2) is 194 Å². The van der Waals surface area contributed by atoms with Gasteiger partial charge in [0.1, 0.15) is 0 Å². The standard InChI is InChI=1S/C50H32/c1-3-15-33(16-4-1)37-25-13-26-38(34-17-5-2-6-18-34)49(37)50-46-23-11-9-21-44(46)48(45-22-10-12-24-47(45)50)43-28-14-27-39-41-30-29-35-19-7-8-20-36(35)40(41)31-32-42(39)43/h1-32H. The SMILES string of the molecule is c1ccc(-c2cccc(-c3ccccc3)c2-c2c3ccccc3c(-c3cccc4c3ccc3c5ccccc5ccc43)c3ccccc23)cc1. The third-order valence-corrected chi connectivity index (χ3v) is 10.5. The maximum absolute atomic E-state index is 2.34. The van der Waals surface area contributed by atoms with Gasteiger partial charge in [-0.1, -0.05) is 194 Å². The van der Waals surface area contributed by atoms with E-state index in [1.807, 2.05) is 0 Å². The van der Waals surface area contributed by atoms with Crippen LogP contribution >= 0.6 is 0 Å². The first-order valence-corrected chi connectivity index (χ1v) is 17.4. The maximum Gasteiger partial charge on any atom is -0.00139 e. The number of rotatable bonds is 4. The van der Waals surface area contributed by atoms with Crippen LogP contribution in [0.25, 0.3) is 98.4 Å². The summed E-state index contributed by atoms with van der Waals surface area (Å²) in [4.78, 5) is 0. The Labute approximate surface area is 291 Å². The first-order chi connectivity index (χ1) is 24.8. The molecule has 0 aliphatic carbocycles. The zero-order chi connectivity index (χ0) is 33.0. The van der Waals surface area contributed by atoms with Gasteiger partial charge in [0, 0.05) is 0 Å². The molecule has 0 spiro atoms. The van der Waals surface area contributed by atoms with Gasteiger partial charge in [0.15, 0.2) is 0 Å². The number of hydrogen-bond acceptors (Lipinski definition) is 0. The van der Waals surface area contributed by atoms with Crippen LogP contribution in [0, 0.1) is 0 Å². The van der Waals surface area contributed by atoms with Gasteiger partial charge in [0.2, 0.25) is 0 Å². The molecule has 10 aromatic carbocycles. The van der Waals surface area contributed by atoms with Crippen LogP contribution < -0.4 is 0 Å². The molecular weight excluding hydrogens is 601 g/mol. The Hall–Kier alpha value is -6.50. The molecule has 0 radical (unpaired) electrons. The maximum atomic E-state index is 2.34. The minimum Gasteiger partial charge on any atom is -0.0622 e. The van der Waals surface area contributed by atoms with Gasteiger partial charge in [0.05, 0.1) is 0 Å². The van der Waals surface area contributed by atoms with Crippen molar-refractivity contribution in [3.8, 4) is 44.5 Å². The van der Waals surface area contributed by atoms with Crippen molar-refractivity contribution in [2.24, 2.45) is 0 Å². The van der Waals surface area contributed by atoms with Gasteiger partial charge in [-0.3, -0.25) is 0 Å². The number of benzene rings is 10. The van der Waals surface area contributed by atoms with Crippen molar-refractivity contribution in [3.05, 3.63) is 194 Å². The average Bonchev–Trinajstić information content (AvgIpc) is 3.20. The van der Waals surface area contributed by atoms with E-state index in [9.17, 15) is 0 Å². The summed E-state index contributed by atoms with van der Waals surface area (Å²) in [5.41, 5.74) is 9.98. The molecule has 0 saturated carbocycles. The molecule has 10 aromatic rings. The molecule has 0 atom stereocenters. The summed E-state index contributed by atoms with van der Waals surface area (Å²) in [6.07, 6.45) is 0. The van der Waals surface area contributed by atoms with E-state index in [4.69, 9.17) is 0 Å². The molecule has 50 heavy (non-hydrogen) atoms. The molecule has 0 aromatic heterocycles. The molecule has 0 unspecified atom stereocenters. The lowest BCUT2D eigenvalue weighted by Gasteiger charge is -2.23. The van der Waals surface area contributed by atoms with Crippen LogP contribution in [0.5, 0.6) is 0 Å². The monoisotopic (exact) mass is 632 g/mol. The van der Waals surface area contributed by atoms with Crippen molar-refractivity contribution in [2.75, 3.05) is 0 Å². The molecule has 0 N–H and O–H groups in total. The van der Waals surface area contributed by atoms with Crippen LogP contribution in [0.3, 0.4) is 0 Å². The molecule has 0 aliphatic heterocycles. The molecule has 0 heteroatoms. The lowest BCUT2D eigenvalue weighted by atomic mass is 9.80. The fourth-order valence-electron chi connectivity index (χ4n) is 8.30. The van der Waals surface area contributed by atoms with Gasteiger partial charge >= 0.3 is 0 Å². The summed E-state index contributed by atoms with van der Waals surface area (Å²) in [6, 6.07) is 71.3. The molecule has 0 amide bonds. The van der Waals surface area contributed by atoms with Crippen molar-refractivity contribution >= 4 is 53.9 Å². The second kappa shape index (κ2) is 11.6. The van der Waals surface area contributed by atoms with Crippen LogP contribution in [-0.2, 0) is 0 Å². The quantitative estimate of drug-likeness (QED) is 0.134. The fraction of sp³-hybridized carbons (Fsp3) is 0. The lowest BCUT2D eigenvalue weighted by Crippen LogP contribution is -1.95. The summed E-state index contributed by atoms with van der Waals surface area (Å²) in [7, 11) is 0. The Bertz CT molecular complexity index is 2780. The number of hydrogen-bond donors (Lipinski definition) is 0. The number of fused-ring (bicyclic) bond motifs is 7. The first-order valence-electron chi connectivity index (χ1n) is 17.4. The lowest BCUT2D eigenvalue weighted by molar-refractivity contribution is 1.58. The predicted molar refractivity (Wildman–Crippen MR) is 216 cm³/mol. The van der Waals surface area contributed by atoms with Crippen molar-refractivity contribution in [1.29, 1.82) is 0 Å². The molecule has 10 rings (SSSR count). The van der Waals surface area contributed by atoms with Gasteiger partial charge in [-0.25, -0.2) is 0 Å². The van der Waals surface area contributed by atoms with E-state index in [1.54, 1.807) is 0 Å². The average molecular weight is 633 g/mol.